The number of carbonyl (C=O) groups is 2. The largest absolute Gasteiger partial charge is 0.398 e. The Hall–Kier alpha value is -2.34. The Balaban J connectivity index is 2.19. The Morgan fingerprint density at radius 2 is 1.76 bits per heavy atom. The van der Waals surface area contributed by atoms with Gasteiger partial charge in [0.2, 0.25) is 0 Å². The van der Waals surface area contributed by atoms with E-state index in [0.29, 0.717) is 22.5 Å². The van der Waals surface area contributed by atoms with E-state index in [4.69, 9.17) is 5.73 Å². The standard InChI is InChI=1S/C15H14BrN3O2/c1-18-14(20)9-3-2-4-11(7-9)19-15(21)10-5-6-12(16)13(17)8-10/h2-8H,17H2,1H3,(H,18,20)(H,19,21). The van der Waals surface area contributed by atoms with Crippen LogP contribution >= 0.6 is 15.9 Å². The predicted molar refractivity (Wildman–Crippen MR) is 86.3 cm³/mol. The summed E-state index contributed by atoms with van der Waals surface area (Å²) in [5.74, 6) is -0.498. The Morgan fingerprint density at radius 3 is 2.43 bits per heavy atom. The molecule has 21 heavy (non-hydrogen) atoms. The summed E-state index contributed by atoms with van der Waals surface area (Å²) in [5, 5.41) is 5.27. The summed E-state index contributed by atoms with van der Waals surface area (Å²) in [6.07, 6.45) is 0. The Labute approximate surface area is 130 Å². The molecule has 0 aliphatic carbocycles. The van der Waals surface area contributed by atoms with E-state index < -0.39 is 0 Å². The van der Waals surface area contributed by atoms with Gasteiger partial charge in [-0.25, -0.2) is 0 Å². The summed E-state index contributed by atoms with van der Waals surface area (Å²) in [4.78, 5) is 23.7. The molecule has 5 nitrogen and oxygen atoms in total. The molecule has 0 bridgehead atoms. The van der Waals surface area contributed by atoms with Gasteiger partial charge in [-0.05, 0) is 52.3 Å². The highest BCUT2D eigenvalue weighted by molar-refractivity contribution is 9.10. The van der Waals surface area contributed by atoms with Gasteiger partial charge in [-0.3, -0.25) is 9.59 Å². The highest BCUT2D eigenvalue weighted by atomic mass is 79.9. The molecule has 0 fully saturated rings. The van der Waals surface area contributed by atoms with Crippen molar-refractivity contribution in [1.82, 2.24) is 5.32 Å². The number of nitrogens with two attached hydrogens (primary N) is 1. The van der Waals surface area contributed by atoms with E-state index in [1.54, 1.807) is 49.5 Å². The molecule has 108 valence electrons. The van der Waals surface area contributed by atoms with Gasteiger partial charge in [-0.1, -0.05) is 6.07 Å². The number of carbonyl (C=O) groups excluding carboxylic acids is 2. The number of anilines is 2. The van der Waals surface area contributed by atoms with Crippen molar-refractivity contribution in [3.8, 4) is 0 Å². The van der Waals surface area contributed by atoms with Crippen LogP contribution in [0.3, 0.4) is 0 Å². The lowest BCUT2D eigenvalue weighted by Crippen LogP contribution is -2.18. The van der Waals surface area contributed by atoms with E-state index in [0.717, 1.165) is 4.47 Å². The van der Waals surface area contributed by atoms with Gasteiger partial charge in [-0.2, -0.15) is 0 Å². The molecule has 0 aliphatic heterocycles. The van der Waals surface area contributed by atoms with Crippen LogP contribution in [0.25, 0.3) is 0 Å². The van der Waals surface area contributed by atoms with Gasteiger partial charge >= 0.3 is 0 Å². The van der Waals surface area contributed by atoms with Gasteiger partial charge in [0.1, 0.15) is 0 Å². The SMILES string of the molecule is CNC(=O)c1cccc(NC(=O)c2ccc(Br)c(N)c2)c1. The van der Waals surface area contributed by atoms with Crippen molar-refractivity contribution < 1.29 is 9.59 Å². The molecule has 0 aromatic heterocycles. The van der Waals surface area contributed by atoms with E-state index in [2.05, 4.69) is 26.6 Å². The van der Waals surface area contributed by atoms with Crippen molar-refractivity contribution in [3.05, 3.63) is 58.1 Å². The van der Waals surface area contributed by atoms with Gasteiger partial charge in [0.15, 0.2) is 0 Å². The molecule has 2 rings (SSSR count). The van der Waals surface area contributed by atoms with Crippen LogP contribution in [0.5, 0.6) is 0 Å². The third-order valence-corrected chi connectivity index (χ3v) is 3.59. The van der Waals surface area contributed by atoms with Crippen molar-refractivity contribution in [2.45, 2.75) is 0 Å². The van der Waals surface area contributed by atoms with E-state index in [1.807, 2.05) is 0 Å². The second-order valence-corrected chi connectivity index (χ2v) is 5.20. The van der Waals surface area contributed by atoms with E-state index in [1.165, 1.54) is 0 Å². The molecule has 2 aromatic carbocycles. The lowest BCUT2D eigenvalue weighted by Gasteiger charge is -2.08. The first-order valence-electron chi connectivity index (χ1n) is 6.20. The highest BCUT2D eigenvalue weighted by Gasteiger charge is 2.09. The molecular formula is C15H14BrN3O2. The maximum Gasteiger partial charge on any atom is 0.255 e. The van der Waals surface area contributed by atoms with Crippen LogP contribution in [0.1, 0.15) is 20.7 Å². The molecule has 0 aliphatic rings. The van der Waals surface area contributed by atoms with Gasteiger partial charge in [0.25, 0.3) is 11.8 Å². The smallest absolute Gasteiger partial charge is 0.255 e. The molecule has 0 saturated carbocycles. The highest BCUT2D eigenvalue weighted by Crippen LogP contribution is 2.21. The molecule has 2 amide bonds. The summed E-state index contributed by atoms with van der Waals surface area (Å²) in [6.45, 7) is 0. The van der Waals surface area contributed by atoms with Crippen LogP contribution in [0.2, 0.25) is 0 Å². The second-order valence-electron chi connectivity index (χ2n) is 4.35. The molecule has 0 saturated heterocycles. The molecule has 2 aromatic rings. The summed E-state index contributed by atoms with van der Waals surface area (Å²) < 4.78 is 0.737. The van der Waals surface area contributed by atoms with Gasteiger partial charge in [-0.15, -0.1) is 0 Å². The second kappa shape index (κ2) is 6.41. The number of hydrogen-bond acceptors (Lipinski definition) is 3. The summed E-state index contributed by atoms with van der Waals surface area (Å²) >= 11 is 3.28. The summed E-state index contributed by atoms with van der Waals surface area (Å²) in [7, 11) is 1.55. The number of halogens is 1. The molecule has 4 N–H and O–H groups in total. The van der Waals surface area contributed by atoms with Crippen molar-refractivity contribution in [3.63, 3.8) is 0 Å². The van der Waals surface area contributed by atoms with Crippen LogP contribution in [-0.2, 0) is 0 Å². The van der Waals surface area contributed by atoms with Crippen molar-refractivity contribution in [2.24, 2.45) is 0 Å². The van der Waals surface area contributed by atoms with E-state index >= 15 is 0 Å². The molecule has 0 radical (unpaired) electrons. The average molecular weight is 348 g/mol. The fourth-order valence-electron chi connectivity index (χ4n) is 1.77. The minimum atomic E-state index is -0.289. The topological polar surface area (TPSA) is 84.2 Å². The number of nitrogen functional groups attached to an aromatic ring is 1. The number of rotatable bonds is 3. The van der Waals surface area contributed by atoms with Crippen molar-refractivity contribution >= 4 is 39.1 Å². The van der Waals surface area contributed by atoms with E-state index in [9.17, 15) is 9.59 Å². The molecule has 0 unspecified atom stereocenters. The maximum atomic E-state index is 12.1. The van der Waals surface area contributed by atoms with Crippen LogP contribution in [0.15, 0.2) is 46.9 Å². The average Bonchev–Trinajstić information content (AvgIpc) is 2.49. The third kappa shape index (κ3) is 3.61. The minimum absolute atomic E-state index is 0.209. The fraction of sp³-hybridized carbons (Fsp3) is 0.0667. The van der Waals surface area contributed by atoms with Gasteiger partial charge in [0.05, 0.1) is 0 Å². The molecule has 0 heterocycles. The van der Waals surface area contributed by atoms with Crippen molar-refractivity contribution in [2.75, 3.05) is 18.1 Å². The quantitative estimate of drug-likeness (QED) is 0.746. The fourth-order valence-corrected chi connectivity index (χ4v) is 2.02. The first kappa shape index (κ1) is 15.1. The molecule has 0 atom stereocenters. The number of amides is 2. The number of hydrogen-bond donors (Lipinski definition) is 3. The molecular weight excluding hydrogens is 334 g/mol. The monoisotopic (exact) mass is 347 g/mol. The molecule has 6 heteroatoms. The lowest BCUT2D eigenvalue weighted by molar-refractivity contribution is 0.0961. The lowest BCUT2D eigenvalue weighted by atomic mass is 10.1. The zero-order chi connectivity index (χ0) is 15.4. The first-order valence-corrected chi connectivity index (χ1v) is 6.99. The Kier molecular flexibility index (Phi) is 4.59. The number of nitrogens with one attached hydrogen (secondary N) is 2. The van der Waals surface area contributed by atoms with Crippen LogP contribution < -0.4 is 16.4 Å². The Morgan fingerprint density at radius 1 is 1.05 bits per heavy atom. The molecule has 0 spiro atoms. The Bertz CT molecular complexity index is 701. The number of benzene rings is 2. The first-order chi connectivity index (χ1) is 10.0. The maximum absolute atomic E-state index is 12.1. The van der Waals surface area contributed by atoms with Crippen LogP contribution in [0, 0.1) is 0 Å². The van der Waals surface area contributed by atoms with Gasteiger partial charge in [0, 0.05) is 34.0 Å². The zero-order valence-electron chi connectivity index (χ0n) is 11.3. The summed E-state index contributed by atoms with van der Waals surface area (Å²) in [5.41, 5.74) is 7.71. The van der Waals surface area contributed by atoms with Gasteiger partial charge < -0.3 is 16.4 Å². The summed E-state index contributed by atoms with van der Waals surface area (Å²) in [6, 6.07) is 11.7. The van der Waals surface area contributed by atoms with E-state index in [-0.39, 0.29) is 11.8 Å². The third-order valence-electron chi connectivity index (χ3n) is 2.87. The predicted octanol–water partition coefficient (Wildman–Crippen LogP) is 2.64. The van der Waals surface area contributed by atoms with Crippen LogP contribution in [0.4, 0.5) is 11.4 Å². The van der Waals surface area contributed by atoms with Crippen molar-refractivity contribution in [1.29, 1.82) is 0 Å². The minimum Gasteiger partial charge on any atom is -0.398 e. The van der Waals surface area contributed by atoms with Crippen LogP contribution in [-0.4, -0.2) is 18.9 Å². The zero-order valence-corrected chi connectivity index (χ0v) is 12.9. The normalized spacial score (nSPS) is 10.0.